The maximum absolute atomic E-state index is 13.5. The molecule has 0 N–H and O–H groups in total. The summed E-state index contributed by atoms with van der Waals surface area (Å²) in [4.78, 5) is 0. The summed E-state index contributed by atoms with van der Waals surface area (Å²) in [6.07, 6.45) is -0.500. The minimum absolute atomic E-state index is 0.0819. The SMILES string of the molecule is CO[C@H]1C[C@@H](OCc2c(F)cccc2F)[C@@H]2OC[C@H]1O2. The number of hydrogen-bond donors (Lipinski definition) is 0. The van der Waals surface area contributed by atoms with E-state index in [1.165, 1.54) is 18.2 Å². The zero-order valence-electron chi connectivity index (χ0n) is 11.1. The van der Waals surface area contributed by atoms with Crippen LogP contribution in [-0.4, -0.2) is 38.3 Å². The van der Waals surface area contributed by atoms with Gasteiger partial charge in [0.05, 0.1) is 19.3 Å². The predicted molar refractivity (Wildman–Crippen MR) is 65.0 cm³/mol. The Balaban J connectivity index is 1.66. The van der Waals surface area contributed by atoms with Crippen LogP contribution in [0.2, 0.25) is 0 Å². The van der Waals surface area contributed by atoms with E-state index in [1.807, 2.05) is 0 Å². The first kappa shape index (κ1) is 13.9. The number of fused-ring (bicyclic) bond motifs is 2. The van der Waals surface area contributed by atoms with Crippen LogP contribution in [0.3, 0.4) is 0 Å². The van der Waals surface area contributed by atoms with Crippen molar-refractivity contribution in [3.63, 3.8) is 0 Å². The molecule has 0 spiro atoms. The molecular weight excluding hydrogens is 270 g/mol. The van der Waals surface area contributed by atoms with Crippen LogP contribution in [0.1, 0.15) is 12.0 Å². The van der Waals surface area contributed by atoms with E-state index in [2.05, 4.69) is 0 Å². The highest BCUT2D eigenvalue weighted by Gasteiger charge is 2.44. The zero-order valence-corrected chi connectivity index (χ0v) is 11.1. The van der Waals surface area contributed by atoms with Crippen LogP contribution in [0.25, 0.3) is 0 Å². The van der Waals surface area contributed by atoms with Crippen molar-refractivity contribution in [2.24, 2.45) is 0 Å². The van der Waals surface area contributed by atoms with Crippen molar-refractivity contribution in [1.82, 2.24) is 0 Å². The molecule has 3 rings (SSSR count). The fourth-order valence-corrected chi connectivity index (χ4v) is 2.58. The molecule has 0 saturated carbocycles. The fraction of sp³-hybridized carbons (Fsp3) is 0.571. The first-order chi connectivity index (χ1) is 9.69. The number of rotatable bonds is 4. The van der Waals surface area contributed by atoms with E-state index in [0.29, 0.717) is 13.0 Å². The Bertz CT molecular complexity index is 462. The quantitative estimate of drug-likeness (QED) is 0.848. The minimum atomic E-state index is -0.616. The highest BCUT2D eigenvalue weighted by molar-refractivity contribution is 5.18. The second-order valence-corrected chi connectivity index (χ2v) is 4.94. The molecule has 2 aliphatic rings. The highest BCUT2D eigenvalue weighted by atomic mass is 19.1. The van der Waals surface area contributed by atoms with Crippen molar-refractivity contribution in [2.75, 3.05) is 13.7 Å². The molecule has 2 heterocycles. The van der Waals surface area contributed by atoms with Gasteiger partial charge in [0.25, 0.3) is 0 Å². The average molecular weight is 286 g/mol. The Hall–Kier alpha value is -1.08. The van der Waals surface area contributed by atoms with Gasteiger partial charge in [0.15, 0.2) is 6.29 Å². The minimum Gasteiger partial charge on any atom is -0.379 e. The van der Waals surface area contributed by atoms with Crippen molar-refractivity contribution in [1.29, 1.82) is 0 Å². The summed E-state index contributed by atoms with van der Waals surface area (Å²) < 4.78 is 49.0. The predicted octanol–water partition coefficient (Wildman–Crippen LogP) is 2.01. The molecule has 0 aromatic heterocycles. The lowest BCUT2D eigenvalue weighted by molar-refractivity contribution is -0.205. The van der Waals surface area contributed by atoms with Crippen molar-refractivity contribution >= 4 is 0 Å². The molecule has 20 heavy (non-hydrogen) atoms. The molecule has 4 nitrogen and oxygen atoms in total. The summed E-state index contributed by atoms with van der Waals surface area (Å²) >= 11 is 0. The molecule has 0 radical (unpaired) electrons. The molecule has 0 amide bonds. The lowest BCUT2D eigenvalue weighted by atomic mass is 10.0. The number of hydrogen-bond acceptors (Lipinski definition) is 4. The average Bonchev–Trinajstić information content (AvgIpc) is 2.85. The van der Waals surface area contributed by atoms with Crippen LogP contribution in [0, 0.1) is 11.6 Å². The lowest BCUT2D eigenvalue weighted by Gasteiger charge is -2.32. The van der Waals surface area contributed by atoms with Gasteiger partial charge >= 0.3 is 0 Å². The molecular formula is C14H16F2O4. The molecule has 1 aromatic rings. The van der Waals surface area contributed by atoms with Gasteiger partial charge in [0.1, 0.15) is 23.8 Å². The second-order valence-electron chi connectivity index (χ2n) is 4.94. The van der Waals surface area contributed by atoms with Crippen molar-refractivity contribution in [2.45, 2.75) is 37.6 Å². The topological polar surface area (TPSA) is 36.9 Å². The Morgan fingerprint density at radius 2 is 2.00 bits per heavy atom. The first-order valence-electron chi connectivity index (χ1n) is 6.53. The van der Waals surface area contributed by atoms with Crippen molar-refractivity contribution in [3.8, 4) is 0 Å². The molecule has 2 aliphatic heterocycles. The Kier molecular flexibility index (Phi) is 3.98. The molecule has 2 fully saturated rings. The van der Waals surface area contributed by atoms with Gasteiger partial charge in [-0.05, 0) is 12.1 Å². The van der Waals surface area contributed by atoms with Gasteiger partial charge in [-0.3, -0.25) is 0 Å². The molecule has 0 unspecified atom stereocenters. The third kappa shape index (κ3) is 2.56. The van der Waals surface area contributed by atoms with E-state index in [0.717, 1.165) is 0 Å². The standard InChI is InChI=1S/C14H16F2O4/c1-17-11-5-12(14-19-7-13(11)20-14)18-6-8-9(15)3-2-4-10(8)16/h2-4,11-14H,5-7H2,1H3/t11-,12+,13+,14+/m0/s1. The van der Waals surface area contributed by atoms with Crippen LogP contribution in [0.4, 0.5) is 8.78 Å². The maximum atomic E-state index is 13.5. The molecule has 6 heteroatoms. The van der Waals surface area contributed by atoms with Crippen LogP contribution >= 0.6 is 0 Å². The number of benzene rings is 1. The monoisotopic (exact) mass is 286 g/mol. The summed E-state index contributed by atoms with van der Waals surface area (Å²) in [5.41, 5.74) is -0.0819. The molecule has 110 valence electrons. The van der Waals surface area contributed by atoms with Crippen molar-refractivity contribution < 1.29 is 27.7 Å². The molecule has 4 atom stereocenters. The van der Waals surface area contributed by atoms with Gasteiger partial charge < -0.3 is 18.9 Å². The summed E-state index contributed by atoms with van der Waals surface area (Å²) in [7, 11) is 1.60. The van der Waals surface area contributed by atoms with E-state index in [1.54, 1.807) is 7.11 Å². The fourth-order valence-electron chi connectivity index (χ4n) is 2.58. The highest BCUT2D eigenvalue weighted by Crippen LogP contribution is 2.31. The third-order valence-corrected chi connectivity index (χ3v) is 3.72. The van der Waals surface area contributed by atoms with E-state index >= 15 is 0 Å². The van der Waals surface area contributed by atoms with Gasteiger partial charge in [-0.25, -0.2) is 8.78 Å². The van der Waals surface area contributed by atoms with E-state index in [-0.39, 0.29) is 24.4 Å². The molecule has 2 saturated heterocycles. The molecule has 1 aromatic carbocycles. The number of methoxy groups -OCH3 is 1. The number of ether oxygens (including phenoxy) is 4. The van der Waals surface area contributed by atoms with Crippen LogP contribution in [-0.2, 0) is 25.6 Å². The smallest absolute Gasteiger partial charge is 0.184 e. The Labute approximate surface area is 115 Å². The summed E-state index contributed by atoms with van der Waals surface area (Å²) in [5.74, 6) is -1.23. The third-order valence-electron chi connectivity index (χ3n) is 3.72. The number of halogens is 2. The maximum Gasteiger partial charge on any atom is 0.184 e. The van der Waals surface area contributed by atoms with Gasteiger partial charge in [0.2, 0.25) is 0 Å². The van der Waals surface area contributed by atoms with Crippen molar-refractivity contribution in [3.05, 3.63) is 35.4 Å². The van der Waals surface area contributed by atoms with E-state index < -0.39 is 24.0 Å². The summed E-state index contributed by atoms with van der Waals surface area (Å²) in [5, 5.41) is 0. The first-order valence-corrected chi connectivity index (χ1v) is 6.53. The normalized spacial score (nSPS) is 32.5. The summed E-state index contributed by atoms with van der Waals surface area (Å²) in [6.45, 7) is 0.296. The van der Waals surface area contributed by atoms with E-state index in [9.17, 15) is 8.78 Å². The lowest BCUT2D eigenvalue weighted by Crippen LogP contribution is -2.44. The largest absolute Gasteiger partial charge is 0.379 e. The van der Waals surface area contributed by atoms with Gasteiger partial charge in [-0.2, -0.15) is 0 Å². The van der Waals surface area contributed by atoms with Gasteiger partial charge in [0, 0.05) is 19.1 Å². The van der Waals surface area contributed by atoms with Gasteiger partial charge in [-0.15, -0.1) is 0 Å². The van der Waals surface area contributed by atoms with Crippen LogP contribution < -0.4 is 0 Å². The van der Waals surface area contributed by atoms with Gasteiger partial charge in [-0.1, -0.05) is 6.07 Å². The molecule has 2 bridgehead atoms. The summed E-state index contributed by atoms with van der Waals surface area (Å²) in [6, 6.07) is 3.74. The zero-order chi connectivity index (χ0) is 14.1. The van der Waals surface area contributed by atoms with E-state index in [4.69, 9.17) is 18.9 Å². The second kappa shape index (κ2) is 5.73. The molecule has 0 aliphatic carbocycles. The Morgan fingerprint density at radius 1 is 1.25 bits per heavy atom. The van der Waals surface area contributed by atoms with Crippen LogP contribution in [0.15, 0.2) is 18.2 Å². The van der Waals surface area contributed by atoms with Crippen LogP contribution in [0.5, 0.6) is 0 Å². The Morgan fingerprint density at radius 3 is 2.70 bits per heavy atom.